The van der Waals surface area contributed by atoms with Crippen molar-refractivity contribution in [3.05, 3.63) is 64.8 Å². The van der Waals surface area contributed by atoms with Crippen molar-refractivity contribution in [2.75, 3.05) is 36.4 Å². The third-order valence-corrected chi connectivity index (χ3v) is 6.40. The van der Waals surface area contributed by atoms with Gasteiger partial charge in [-0.15, -0.1) is 0 Å². The van der Waals surface area contributed by atoms with Crippen molar-refractivity contribution in [3.8, 4) is 0 Å². The SMILES string of the molecule is Cc1cc(NCc2cccc(C)c2C)c2cc(N3CCN(C(=O)OC(C)(C)C)CC3)ccc2n1. The smallest absolute Gasteiger partial charge is 0.410 e. The fourth-order valence-electron chi connectivity index (χ4n) is 4.36. The Morgan fingerprint density at radius 2 is 1.76 bits per heavy atom. The quantitative estimate of drug-likeness (QED) is 0.531. The number of hydrogen-bond donors (Lipinski definition) is 1. The van der Waals surface area contributed by atoms with E-state index >= 15 is 0 Å². The van der Waals surface area contributed by atoms with Crippen LogP contribution in [0.15, 0.2) is 42.5 Å². The van der Waals surface area contributed by atoms with Crippen LogP contribution in [0.25, 0.3) is 10.9 Å². The number of fused-ring (bicyclic) bond motifs is 1. The third kappa shape index (κ3) is 5.44. The Morgan fingerprint density at radius 1 is 1.03 bits per heavy atom. The maximum absolute atomic E-state index is 12.4. The van der Waals surface area contributed by atoms with Crippen LogP contribution in [-0.2, 0) is 11.3 Å². The van der Waals surface area contributed by atoms with Gasteiger partial charge in [0.1, 0.15) is 5.60 Å². The van der Waals surface area contributed by atoms with Gasteiger partial charge in [-0.1, -0.05) is 18.2 Å². The first-order valence-corrected chi connectivity index (χ1v) is 12.0. The van der Waals surface area contributed by atoms with E-state index in [0.717, 1.165) is 47.6 Å². The molecule has 1 aliphatic heterocycles. The molecule has 2 heterocycles. The molecule has 6 heteroatoms. The van der Waals surface area contributed by atoms with Crippen molar-refractivity contribution in [2.24, 2.45) is 0 Å². The van der Waals surface area contributed by atoms with Crippen LogP contribution >= 0.6 is 0 Å². The first-order chi connectivity index (χ1) is 16.1. The molecule has 1 aromatic heterocycles. The largest absolute Gasteiger partial charge is 0.444 e. The van der Waals surface area contributed by atoms with E-state index in [1.807, 2.05) is 27.7 Å². The number of carbonyl (C=O) groups excluding carboxylic acids is 1. The molecule has 0 radical (unpaired) electrons. The van der Waals surface area contributed by atoms with E-state index in [2.05, 4.69) is 66.5 Å². The Hall–Kier alpha value is -3.28. The average Bonchev–Trinajstić information content (AvgIpc) is 2.78. The summed E-state index contributed by atoms with van der Waals surface area (Å²) in [6.07, 6.45) is -0.233. The summed E-state index contributed by atoms with van der Waals surface area (Å²) in [7, 11) is 0. The lowest BCUT2D eigenvalue weighted by Gasteiger charge is -2.36. The fourth-order valence-corrected chi connectivity index (χ4v) is 4.36. The van der Waals surface area contributed by atoms with Gasteiger partial charge in [0.05, 0.1) is 5.52 Å². The zero-order valence-corrected chi connectivity index (χ0v) is 21.2. The van der Waals surface area contributed by atoms with Crippen molar-refractivity contribution in [1.29, 1.82) is 0 Å². The van der Waals surface area contributed by atoms with E-state index in [1.165, 1.54) is 16.7 Å². The first kappa shape index (κ1) is 23.9. The second-order valence-corrected chi connectivity index (χ2v) is 10.2. The summed E-state index contributed by atoms with van der Waals surface area (Å²) in [6, 6.07) is 15.0. The number of hydrogen-bond acceptors (Lipinski definition) is 5. The summed E-state index contributed by atoms with van der Waals surface area (Å²) >= 11 is 0. The molecule has 2 aromatic carbocycles. The van der Waals surface area contributed by atoms with Gasteiger partial charge in [-0.3, -0.25) is 4.98 Å². The predicted octanol–water partition coefficient (Wildman–Crippen LogP) is 5.83. The summed E-state index contributed by atoms with van der Waals surface area (Å²) in [6.45, 7) is 15.7. The van der Waals surface area contributed by atoms with Crippen molar-refractivity contribution in [3.63, 3.8) is 0 Å². The number of anilines is 2. The van der Waals surface area contributed by atoms with Gasteiger partial charge in [0.2, 0.25) is 0 Å². The Balaban J connectivity index is 1.51. The molecule has 0 atom stereocenters. The van der Waals surface area contributed by atoms with Gasteiger partial charge >= 0.3 is 6.09 Å². The summed E-state index contributed by atoms with van der Waals surface area (Å²) in [5.74, 6) is 0. The number of rotatable bonds is 4. The molecule has 0 spiro atoms. The van der Waals surface area contributed by atoms with Crippen LogP contribution in [-0.4, -0.2) is 47.8 Å². The molecule has 0 saturated carbocycles. The van der Waals surface area contributed by atoms with E-state index in [1.54, 1.807) is 4.90 Å². The molecule has 34 heavy (non-hydrogen) atoms. The highest BCUT2D eigenvalue weighted by atomic mass is 16.6. The third-order valence-electron chi connectivity index (χ3n) is 6.40. The second kappa shape index (κ2) is 9.53. The standard InChI is InChI=1S/C28H36N4O2/c1-19-8-7-9-22(21(19)3)18-29-26-16-20(2)30-25-11-10-23(17-24(25)26)31-12-14-32(15-13-31)27(33)34-28(4,5)6/h7-11,16-17H,12-15,18H2,1-6H3,(H,29,30). The van der Waals surface area contributed by atoms with Gasteiger partial charge < -0.3 is 19.9 Å². The number of piperazine rings is 1. The van der Waals surface area contributed by atoms with Crippen LogP contribution in [0.2, 0.25) is 0 Å². The number of aryl methyl sites for hydroxylation is 2. The first-order valence-electron chi connectivity index (χ1n) is 12.0. The van der Waals surface area contributed by atoms with Crippen LogP contribution < -0.4 is 10.2 Å². The number of ether oxygens (including phenoxy) is 1. The lowest BCUT2D eigenvalue weighted by atomic mass is 10.0. The monoisotopic (exact) mass is 460 g/mol. The number of nitrogens with one attached hydrogen (secondary N) is 1. The number of amides is 1. The maximum Gasteiger partial charge on any atom is 0.410 e. The second-order valence-electron chi connectivity index (χ2n) is 10.2. The highest BCUT2D eigenvalue weighted by Crippen LogP contribution is 2.29. The molecule has 1 amide bonds. The molecule has 6 nitrogen and oxygen atoms in total. The molecular formula is C28H36N4O2. The Kier molecular flexibility index (Phi) is 6.69. The van der Waals surface area contributed by atoms with Gasteiger partial charge in [-0.2, -0.15) is 0 Å². The highest BCUT2D eigenvalue weighted by Gasteiger charge is 2.26. The number of benzene rings is 2. The van der Waals surface area contributed by atoms with E-state index in [9.17, 15) is 4.79 Å². The van der Waals surface area contributed by atoms with Crippen LogP contribution in [0.4, 0.5) is 16.2 Å². The minimum atomic E-state index is -0.474. The molecule has 1 N–H and O–H groups in total. The molecule has 1 saturated heterocycles. The van der Waals surface area contributed by atoms with E-state index < -0.39 is 5.60 Å². The highest BCUT2D eigenvalue weighted by molar-refractivity contribution is 5.94. The van der Waals surface area contributed by atoms with E-state index in [-0.39, 0.29) is 6.09 Å². The normalized spacial score (nSPS) is 14.4. The van der Waals surface area contributed by atoms with Gasteiger partial charge in [0.25, 0.3) is 0 Å². The van der Waals surface area contributed by atoms with Crippen LogP contribution in [0.5, 0.6) is 0 Å². The fraction of sp³-hybridized carbons (Fsp3) is 0.429. The van der Waals surface area contributed by atoms with Crippen molar-refractivity contribution in [1.82, 2.24) is 9.88 Å². The molecule has 3 aromatic rings. The molecule has 4 rings (SSSR count). The molecule has 0 unspecified atom stereocenters. The topological polar surface area (TPSA) is 57.7 Å². The zero-order chi connectivity index (χ0) is 24.5. The average molecular weight is 461 g/mol. The number of pyridine rings is 1. The lowest BCUT2D eigenvalue weighted by Crippen LogP contribution is -2.50. The minimum Gasteiger partial charge on any atom is -0.444 e. The number of aromatic nitrogens is 1. The molecule has 0 aliphatic carbocycles. The molecule has 1 fully saturated rings. The van der Waals surface area contributed by atoms with Gasteiger partial charge in [0, 0.05) is 55.2 Å². The molecular weight excluding hydrogens is 424 g/mol. The summed E-state index contributed by atoms with van der Waals surface area (Å²) in [5.41, 5.74) is 7.69. The number of carbonyl (C=O) groups is 1. The minimum absolute atomic E-state index is 0.233. The van der Waals surface area contributed by atoms with Crippen molar-refractivity contribution in [2.45, 2.75) is 53.7 Å². The van der Waals surface area contributed by atoms with Crippen LogP contribution in [0.1, 0.15) is 43.2 Å². The van der Waals surface area contributed by atoms with E-state index in [0.29, 0.717) is 13.1 Å². The van der Waals surface area contributed by atoms with Crippen LogP contribution in [0.3, 0.4) is 0 Å². The number of nitrogens with zero attached hydrogens (tertiary/aromatic N) is 3. The zero-order valence-electron chi connectivity index (χ0n) is 21.2. The Labute approximate surface area is 202 Å². The molecule has 180 valence electrons. The molecule has 1 aliphatic rings. The van der Waals surface area contributed by atoms with Gasteiger partial charge in [0.15, 0.2) is 0 Å². The van der Waals surface area contributed by atoms with Crippen LogP contribution in [0, 0.1) is 20.8 Å². The summed E-state index contributed by atoms with van der Waals surface area (Å²) in [4.78, 5) is 21.3. The summed E-state index contributed by atoms with van der Waals surface area (Å²) < 4.78 is 5.53. The van der Waals surface area contributed by atoms with E-state index in [4.69, 9.17) is 9.72 Å². The van der Waals surface area contributed by atoms with Crippen molar-refractivity contribution < 1.29 is 9.53 Å². The Morgan fingerprint density at radius 3 is 2.47 bits per heavy atom. The van der Waals surface area contributed by atoms with Crippen molar-refractivity contribution >= 4 is 28.4 Å². The predicted molar refractivity (Wildman–Crippen MR) is 140 cm³/mol. The van der Waals surface area contributed by atoms with Gasteiger partial charge in [-0.25, -0.2) is 4.79 Å². The van der Waals surface area contributed by atoms with Gasteiger partial charge in [-0.05, 0) is 82.5 Å². The Bertz CT molecular complexity index is 1190. The summed E-state index contributed by atoms with van der Waals surface area (Å²) in [5, 5.41) is 4.77. The molecule has 0 bridgehead atoms. The maximum atomic E-state index is 12.4. The lowest BCUT2D eigenvalue weighted by molar-refractivity contribution is 0.0240.